The highest BCUT2D eigenvalue weighted by atomic mass is 14.8. The normalized spacial score (nSPS) is 13.4. The van der Waals surface area contributed by atoms with Crippen molar-refractivity contribution in [1.29, 1.82) is 10.8 Å². The Kier molecular flexibility index (Phi) is 4.01. The van der Waals surface area contributed by atoms with E-state index in [-0.39, 0.29) is 11.5 Å². The van der Waals surface area contributed by atoms with E-state index >= 15 is 0 Å². The fraction of sp³-hybridized carbons (Fsp3) is 0. The van der Waals surface area contributed by atoms with Gasteiger partial charge in [0.05, 0.1) is 5.71 Å². The molecule has 1 aromatic carbocycles. The highest BCUT2D eigenvalue weighted by molar-refractivity contribution is 6.46. The zero-order valence-corrected chi connectivity index (χ0v) is 7.64. The van der Waals surface area contributed by atoms with Gasteiger partial charge in [0.2, 0.25) is 0 Å². The standard InChI is InChI=1S/C6H6.C5H5N3/c1-2-4-6-5-3-1;6-4-2-1-3-8-5(4)7/h1-6H;1-3,6-7H. The van der Waals surface area contributed by atoms with Crippen molar-refractivity contribution in [2.75, 3.05) is 0 Å². The van der Waals surface area contributed by atoms with Crippen LogP contribution >= 0.6 is 0 Å². The molecule has 1 aliphatic rings. The summed E-state index contributed by atoms with van der Waals surface area (Å²) >= 11 is 0. The molecule has 0 atom stereocenters. The van der Waals surface area contributed by atoms with E-state index in [0.717, 1.165) is 0 Å². The summed E-state index contributed by atoms with van der Waals surface area (Å²) in [6.45, 7) is 0. The van der Waals surface area contributed by atoms with Crippen molar-refractivity contribution in [1.82, 2.24) is 0 Å². The summed E-state index contributed by atoms with van der Waals surface area (Å²) in [5, 5.41) is 13.9. The quantitative estimate of drug-likeness (QED) is 0.623. The minimum atomic E-state index is 0.0347. The Morgan fingerprint density at radius 2 is 1.36 bits per heavy atom. The minimum absolute atomic E-state index is 0.0347. The third-order valence-electron chi connectivity index (χ3n) is 1.47. The van der Waals surface area contributed by atoms with E-state index in [1.807, 2.05) is 36.4 Å². The number of hydrogen-bond donors (Lipinski definition) is 2. The van der Waals surface area contributed by atoms with Gasteiger partial charge in [-0.2, -0.15) is 0 Å². The third kappa shape index (κ3) is 3.58. The molecule has 0 amide bonds. The van der Waals surface area contributed by atoms with E-state index in [1.54, 1.807) is 6.08 Å². The van der Waals surface area contributed by atoms with Crippen molar-refractivity contribution in [3.05, 3.63) is 48.6 Å². The molecule has 3 heteroatoms. The molecule has 0 aromatic heterocycles. The number of rotatable bonds is 0. The molecule has 0 aliphatic carbocycles. The zero-order chi connectivity index (χ0) is 10.2. The highest BCUT2D eigenvalue weighted by Gasteiger charge is 1.98. The number of dihydropyridines is 1. The summed E-state index contributed by atoms with van der Waals surface area (Å²) in [5.74, 6) is 0.0347. The van der Waals surface area contributed by atoms with Crippen LogP contribution in [0.4, 0.5) is 0 Å². The SMILES string of the molecule is N=C1C=CC=NC1=N.c1ccccc1. The first-order valence-corrected chi connectivity index (χ1v) is 4.19. The Balaban J connectivity index is 0.000000146. The van der Waals surface area contributed by atoms with Crippen LogP contribution in [0.3, 0.4) is 0 Å². The molecule has 2 N–H and O–H groups in total. The van der Waals surface area contributed by atoms with Gasteiger partial charge in [-0.05, 0) is 12.2 Å². The average molecular weight is 185 g/mol. The topological polar surface area (TPSA) is 60.1 Å². The van der Waals surface area contributed by atoms with E-state index in [1.165, 1.54) is 12.3 Å². The van der Waals surface area contributed by atoms with Gasteiger partial charge in [-0.15, -0.1) is 0 Å². The first kappa shape index (κ1) is 10.1. The minimum Gasteiger partial charge on any atom is -0.297 e. The van der Waals surface area contributed by atoms with Crippen molar-refractivity contribution < 1.29 is 0 Å². The van der Waals surface area contributed by atoms with Crippen LogP contribution in [0.1, 0.15) is 0 Å². The molecule has 0 bridgehead atoms. The van der Waals surface area contributed by atoms with Crippen LogP contribution in [0.25, 0.3) is 0 Å². The number of hydrogen-bond acceptors (Lipinski definition) is 2. The molecule has 1 heterocycles. The molecule has 0 saturated carbocycles. The largest absolute Gasteiger partial charge is 0.297 e. The van der Waals surface area contributed by atoms with Crippen molar-refractivity contribution in [3.63, 3.8) is 0 Å². The van der Waals surface area contributed by atoms with E-state index in [4.69, 9.17) is 10.8 Å². The number of amidine groups is 1. The molecule has 1 aromatic rings. The van der Waals surface area contributed by atoms with E-state index < -0.39 is 0 Å². The zero-order valence-electron chi connectivity index (χ0n) is 7.64. The summed E-state index contributed by atoms with van der Waals surface area (Å²) in [4.78, 5) is 3.56. The fourth-order valence-electron chi connectivity index (χ4n) is 0.790. The summed E-state index contributed by atoms with van der Waals surface area (Å²) in [5.41, 5.74) is 0.174. The van der Waals surface area contributed by atoms with Crippen molar-refractivity contribution in [3.8, 4) is 0 Å². The summed E-state index contributed by atoms with van der Waals surface area (Å²) < 4.78 is 0. The van der Waals surface area contributed by atoms with Gasteiger partial charge in [0, 0.05) is 6.21 Å². The first-order chi connectivity index (χ1) is 6.80. The Hall–Kier alpha value is -2.03. The van der Waals surface area contributed by atoms with Crippen LogP contribution < -0.4 is 0 Å². The number of aliphatic imine (C=N–C) groups is 1. The van der Waals surface area contributed by atoms with Crippen LogP contribution in [-0.4, -0.2) is 17.8 Å². The van der Waals surface area contributed by atoms with E-state index in [9.17, 15) is 0 Å². The molecular formula is C11H11N3. The second-order valence-electron chi connectivity index (χ2n) is 2.55. The van der Waals surface area contributed by atoms with E-state index in [2.05, 4.69) is 4.99 Å². The summed E-state index contributed by atoms with van der Waals surface area (Å²) in [6.07, 6.45) is 4.68. The molecule has 2 rings (SSSR count). The molecular weight excluding hydrogens is 174 g/mol. The maximum absolute atomic E-state index is 6.97. The van der Waals surface area contributed by atoms with Crippen molar-refractivity contribution in [2.45, 2.75) is 0 Å². The smallest absolute Gasteiger partial charge is 0.169 e. The van der Waals surface area contributed by atoms with Gasteiger partial charge < -0.3 is 0 Å². The Bertz CT molecular complexity index is 315. The van der Waals surface area contributed by atoms with Gasteiger partial charge in [0.1, 0.15) is 0 Å². The highest BCUT2D eigenvalue weighted by Crippen LogP contribution is 1.87. The van der Waals surface area contributed by atoms with Crippen molar-refractivity contribution >= 4 is 17.8 Å². The summed E-state index contributed by atoms with van der Waals surface area (Å²) in [6, 6.07) is 12.0. The predicted molar refractivity (Wildman–Crippen MR) is 59.5 cm³/mol. The summed E-state index contributed by atoms with van der Waals surface area (Å²) in [7, 11) is 0. The fourth-order valence-corrected chi connectivity index (χ4v) is 0.790. The molecule has 3 nitrogen and oxygen atoms in total. The van der Waals surface area contributed by atoms with Crippen LogP contribution in [-0.2, 0) is 0 Å². The number of benzene rings is 1. The lowest BCUT2D eigenvalue weighted by molar-refractivity contribution is 1.44. The van der Waals surface area contributed by atoms with Gasteiger partial charge in [0.15, 0.2) is 5.84 Å². The molecule has 0 unspecified atom stereocenters. The van der Waals surface area contributed by atoms with Gasteiger partial charge in [-0.1, -0.05) is 36.4 Å². The molecule has 0 radical (unpaired) electrons. The lowest BCUT2D eigenvalue weighted by atomic mass is 10.3. The molecule has 0 saturated heterocycles. The van der Waals surface area contributed by atoms with Gasteiger partial charge in [0.25, 0.3) is 0 Å². The lowest BCUT2D eigenvalue weighted by Crippen LogP contribution is -2.08. The third-order valence-corrected chi connectivity index (χ3v) is 1.47. The second-order valence-corrected chi connectivity index (χ2v) is 2.55. The van der Waals surface area contributed by atoms with Gasteiger partial charge in [-0.3, -0.25) is 10.8 Å². The van der Waals surface area contributed by atoms with Crippen LogP contribution in [0.5, 0.6) is 0 Å². The molecule has 0 spiro atoms. The van der Waals surface area contributed by atoms with Crippen molar-refractivity contribution in [2.24, 2.45) is 4.99 Å². The molecule has 70 valence electrons. The van der Waals surface area contributed by atoms with Crippen LogP contribution in [0, 0.1) is 10.8 Å². The Morgan fingerprint density at radius 1 is 0.857 bits per heavy atom. The Labute approximate surface area is 82.8 Å². The van der Waals surface area contributed by atoms with Crippen LogP contribution in [0.2, 0.25) is 0 Å². The van der Waals surface area contributed by atoms with Gasteiger partial charge in [-0.25, -0.2) is 4.99 Å². The maximum Gasteiger partial charge on any atom is 0.169 e. The van der Waals surface area contributed by atoms with Gasteiger partial charge >= 0.3 is 0 Å². The van der Waals surface area contributed by atoms with E-state index in [0.29, 0.717) is 0 Å². The molecule has 1 aliphatic heterocycles. The maximum atomic E-state index is 6.97. The van der Waals surface area contributed by atoms with Crippen LogP contribution in [0.15, 0.2) is 53.5 Å². The first-order valence-electron chi connectivity index (χ1n) is 4.19. The predicted octanol–water partition coefficient (Wildman–Crippen LogP) is 2.31. The Morgan fingerprint density at radius 3 is 1.64 bits per heavy atom. The molecule has 14 heavy (non-hydrogen) atoms. The molecule has 0 fully saturated rings. The lowest BCUT2D eigenvalue weighted by Gasteiger charge is -1.95. The monoisotopic (exact) mass is 185 g/mol. The number of nitrogens with zero attached hydrogens (tertiary/aromatic N) is 1. The number of allylic oxidation sites excluding steroid dienone is 1. The average Bonchev–Trinajstić information content (AvgIpc) is 2.26. The second kappa shape index (κ2) is 5.59. The number of nitrogens with one attached hydrogen (secondary N) is 2.